The van der Waals surface area contributed by atoms with E-state index in [-0.39, 0.29) is 39.2 Å². The van der Waals surface area contributed by atoms with Crippen molar-refractivity contribution >= 4 is 90.3 Å². The van der Waals surface area contributed by atoms with E-state index in [2.05, 4.69) is 220 Å². The second-order valence-electron chi connectivity index (χ2n) is 26.9. The Balaban J connectivity index is 1.17. The maximum Gasteiger partial charge on any atom is 0.257 e. The van der Waals surface area contributed by atoms with Gasteiger partial charge in [0.25, 0.3) is 6.71 Å². The molecule has 0 saturated carbocycles. The zero-order valence-electron chi connectivity index (χ0n) is 45.2. The summed E-state index contributed by atoms with van der Waals surface area (Å²) in [4.78, 5) is 5.15. The summed E-state index contributed by atoms with van der Waals surface area (Å²) in [6, 6.07) is 49.0. The minimum absolute atomic E-state index is 0.00980. The van der Waals surface area contributed by atoms with E-state index < -0.39 is 0 Å². The maximum atomic E-state index is 7.72. The predicted octanol–water partition coefficient (Wildman–Crippen LogP) is 17.1. The Morgan fingerprint density at radius 3 is 1.59 bits per heavy atom. The van der Waals surface area contributed by atoms with Gasteiger partial charge >= 0.3 is 0 Å². The second kappa shape index (κ2) is 14.6. The molecule has 7 aromatic carbocycles. The molecule has 0 saturated heterocycles. The molecular weight excluding hydrogens is 888 g/mol. The molecule has 0 bridgehead atoms. The minimum atomic E-state index is -0.125. The van der Waals surface area contributed by atoms with Gasteiger partial charge in [-0.1, -0.05) is 156 Å². The van der Waals surface area contributed by atoms with E-state index in [0.717, 1.165) is 82.6 Å². The summed E-state index contributed by atoms with van der Waals surface area (Å²) in [6.07, 6.45) is 6.86. The minimum Gasteiger partial charge on any atom is -0.454 e. The predicted molar refractivity (Wildman–Crippen MR) is 309 cm³/mol. The van der Waals surface area contributed by atoms with Gasteiger partial charge in [-0.3, -0.25) is 4.90 Å². The number of rotatable bonds is 3. The van der Waals surface area contributed by atoms with Gasteiger partial charge in [-0.05, 0) is 181 Å². The van der Waals surface area contributed by atoms with E-state index in [1.165, 1.54) is 84.1 Å². The molecule has 9 aromatic rings. The molecule has 0 atom stereocenters. The molecule has 0 spiro atoms. The van der Waals surface area contributed by atoms with Crippen LogP contribution in [-0.4, -0.2) is 6.71 Å². The molecule has 5 heteroatoms. The maximum absolute atomic E-state index is 7.72. The van der Waals surface area contributed by atoms with Gasteiger partial charge < -0.3 is 13.7 Å². The van der Waals surface area contributed by atoms with Gasteiger partial charge in [0.2, 0.25) is 5.88 Å². The van der Waals surface area contributed by atoms with Crippen LogP contribution >= 0.6 is 0 Å². The lowest BCUT2D eigenvalue weighted by Crippen LogP contribution is -2.61. The Morgan fingerprint density at radius 2 is 0.918 bits per heavy atom. The molecule has 2 aromatic heterocycles. The van der Waals surface area contributed by atoms with E-state index in [1.807, 2.05) is 0 Å². The zero-order valence-corrected chi connectivity index (χ0v) is 45.2. The largest absolute Gasteiger partial charge is 0.454 e. The third-order valence-corrected chi connectivity index (χ3v) is 19.5. The molecule has 0 unspecified atom stereocenters. The second-order valence-corrected chi connectivity index (χ2v) is 26.9. The van der Waals surface area contributed by atoms with Crippen molar-refractivity contribution in [1.82, 2.24) is 0 Å². The summed E-state index contributed by atoms with van der Waals surface area (Å²) >= 11 is 0. The Labute approximate surface area is 432 Å². The fourth-order valence-electron chi connectivity index (χ4n) is 14.6. The molecular formula is C68H69BN2O2. The Hall–Kier alpha value is -6.46. The van der Waals surface area contributed by atoms with Crippen molar-refractivity contribution in [3.63, 3.8) is 0 Å². The third-order valence-electron chi connectivity index (χ3n) is 19.5. The van der Waals surface area contributed by atoms with E-state index in [0.29, 0.717) is 0 Å². The van der Waals surface area contributed by atoms with Crippen LogP contribution in [0.5, 0.6) is 0 Å². The van der Waals surface area contributed by atoms with Gasteiger partial charge in [-0.25, -0.2) is 0 Å². The summed E-state index contributed by atoms with van der Waals surface area (Å²) < 4.78 is 14.8. The highest BCUT2D eigenvalue weighted by molar-refractivity contribution is 7.01. The molecule has 3 aliphatic carbocycles. The van der Waals surface area contributed by atoms with Gasteiger partial charge in [0, 0.05) is 44.4 Å². The van der Waals surface area contributed by atoms with Crippen LogP contribution in [-0.2, 0) is 32.5 Å². The van der Waals surface area contributed by atoms with E-state index >= 15 is 0 Å². The zero-order chi connectivity index (χ0) is 50.5. The molecule has 0 amide bonds. The summed E-state index contributed by atoms with van der Waals surface area (Å²) in [6.45, 7) is 29.3. The Morgan fingerprint density at radius 1 is 0.370 bits per heavy atom. The topological polar surface area (TPSA) is 32.8 Å². The van der Waals surface area contributed by atoms with Crippen LogP contribution in [0.2, 0.25) is 0 Å². The fraction of sp³-hybridized carbons (Fsp3) is 0.353. The number of para-hydroxylation sites is 2. The summed E-state index contributed by atoms with van der Waals surface area (Å²) in [5, 5.41) is 3.49. The molecule has 366 valence electrons. The highest BCUT2D eigenvalue weighted by atomic mass is 16.4. The monoisotopic (exact) mass is 957 g/mol. The summed E-state index contributed by atoms with van der Waals surface area (Å²) in [5.41, 5.74) is 23.6. The SMILES string of the molecule is CC1(C)CCC(C)(C)c2cc(N3c4cc(-c5ccccc5)cc5c4B(c4cc6c(cc4N5c4cccc5c4oc4ccccc45)C(C)(C)CCC6(C)C)c4c3oc3cc5c(cc43)C(C)(C)CCC5(C)C)ccc21. The molecule has 0 fully saturated rings. The number of furan rings is 2. The lowest BCUT2D eigenvalue weighted by atomic mass is 9.33. The van der Waals surface area contributed by atoms with E-state index in [1.54, 1.807) is 0 Å². The average Bonchev–Trinajstić information content (AvgIpc) is 3.95. The average molecular weight is 957 g/mol. The van der Waals surface area contributed by atoms with Crippen LogP contribution in [0.4, 0.5) is 34.3 Å². The molecule has 14 rings (SSSR count). The molecule has 0 N–H and O–H groups in total. The molecule has 73 heavy (non-hydrogen) atoms. The van der Waals surface area contributed by atoms with Crippen molar-refractivity contribution in [1.29, 1.82) is 0 Å². The normalized spacial score (nSPS) is 20.0. The van der Waals surface area contributed by atoms with Crippen molar-refractivity contribution in [2.24, 2.45) is 0 Å². The standard InChI is InChI=1S/C68H69BN2O2/c1-63(2)27-28-64(3,4)47-35-42(25-26-46(47)63)70-55-33-41(40-19-14-13-15-20-40)34-56-60(55)69(59-45-36-48-51(39-58(45)73-62(59)70)68(11,12)32-29-65(48,5)6)52-37-49-50(67(9,10)31-30-66(49,7)8)38-54(52)71(56)53-23-18-22-44-43-21-16-17-24-57(43)72-61(44)53/h13-26,33-39H,27-32H2,1-12H3. The molecule has 0 radical (unpaired) electrons. The number of anilines is 6. The summed E-state index contributed by atoms with van der Waals surface area (Å²) in [5.74, 6) is 0.936. The van der Waals surface area contributed by atoms with Crippen LogP contribution in [0.25, 0.3) is 44.0 Å². The molecule has 5 aliphatic rings. The number of hydrogen-bond acceptors (Lipinski definition) is 4. The van der Waals surface area contributed by atoms with Crippen molar-refractivity contribution in [3.05, 3.63) is 161 Å². The van der Waals surface area contributed by atoms with Gasteiger partial charge in [0.15, 0.2) is 5.58 Å². The smallest absolute Gasteiger partial charge is 0.257 e. The van der Waals surface area contributed by atoms with Crippen molar-refractivity contribution in [2.75, 3.05) is 9.80 Å². The van der Waals surface area contributed by atoms with Gasteiger partial charge in [-0.2, -0.15) is 0 Å². The highest BCUT2D eigenvalue weighted by Gasteiger charge is 2.50. The summed E-state index contributed by atoms with van der Waals surface area (Å²) in [7, 11) is 0. The van der Waals surface area contributed by atoms with Crippen LogP contribution in [0.15, 0.2) is 136 Å². The van der Waals surface area contributed by atoms with Crippen LogP contribution in [0.3, 0.4) is 0 Å². The Bertz CT molecular complexity index is 3840. The number of benzene rings is 7. The fourth-order valence-corrected chi connectivity index (χ4v) is 14.6. The van der Waals surface area contributed by atoms with Gasteiger partial charge in [-0.15, -0.1) is 0 Å². The van der Waals surface area contributed by atoms with E-state index in [4.69, 9.17) is 8.83 Å². The van der Waals surface area contributed by atoms with Gasteiger partial charge in [0.05, 0.1) is 5.69 Å². The Kier molecular flexibility index (Phi) is 9.06. The quantitative estimate of drug-likeness (QED) is 0.165. The molecule has 2 aliphatic heterocycles. The molecule has 4 heterocycles. The molecule has 4 nitrogen and oxygen atoms in total. The van der Waals surface area contributed by atoms with Crippen molar-refractivity contribution in [3.8, 4) is 11.1 Å². The van der Waals surface area contributed by atoms with Crippen LogP contribution in [0.1, 0.15) is 155 Å². The van der Waals surface area contributed by atoms with Crippen LogP contribution in [0, 0.1) is 0 Å². The number of nitrogens with zero attached hydrogens (tertiary/aromatic N) is 2. The van der Waals surface area contributed by atoms with Crippen molar-refractivity contribution < 1.29 is 8.83 Å². The third kappa shape index (κ3) is 6.33. The number of hydrogen-bond donors (Lipinski definition) is 0. The highest BCUT2D eigenvalue weighted by Crippen LogP contribution is 2.55. The lowest BCUT2D eigenvalue weighted by molar-refractivity contribution is 0.332. The lowest BCUT2D eigenvalue weighted by Gasteiger charge is -2.47. The first-order valence-electron chi connectivity index (χ1n) is 27.3. The first-order chi connectivity index (χ1) is 34.6. The van der Waals surface area contributed by atoms with E-state index in [9.17, 15) is 0 Å². The van der Waals surface area contributed by atoms with Crippen molar-refractivity contribution in [2.45, 2.75) is 154 Å². The van der Waals surface area contributed by atoms with Crippen LogP contribution < -0.4 is 26.2 Å². The van der Waals surface area contributed by atoms with Gasteiger partial charge in [0.1, 0.15) is 11.2 Å². The number of fused-ring (bicyclic) bond motifs is 12. The first kappa shape index (κ1) is 45.2. The first-order valence-corrected chi connectivity index (χ1v) is 27.3.